The maximum atomic E-state index is 11.2. The van der Waals surface area contributed by atoms with E-state index < -0.39 is 11.2 Å². The third-order valence-electron chi connectivity index (χ3n) is 2.07. The SMILES string of the molecule is C[S+]([O-])C1=NC=C(c2cccnc2)C1. The first-order chi connectivity index (χ1) is 6.77. The molecule has 1 atom stereocenters. The van der Waals surface area contributed by atoms with Crippen LogP contribution in [0.15, 0.2) is 35.7 Å². The van der Waals surface area contributed by atoms with Crippen LogP contribution in [0.2, 0.25) is 0 Å². The third kappa shape index (κ3) is 1.86. The average Bonchev–Trinajstić information content (AvgIpc) is 2.68. The molecule has 2 heterocycles. The van der Waals surface area contributed by atoms with E-state index in [1.165, 1.54) is 0 Å². The summed E-state index contributed by atoms with van der Waals surface area (Å²) < 4.78 is 11.2. The summed E-state index contributed by atoms with van der Waals surface area (Å²) in [5.74, 6) is 0. The number of hydrogen-bond acceptors (Lipinski definition) is 3. The molecule has 3 nitrogen and oxygen atoms in total. The molecule has 0 bridgehead atoms. The van der Waals surface area contributed by atoms with E-state index >= 15 is 0 Å². The fourth-order valence-electron chi connectivity index (χ4n) is 1.31. The molecule has 0 radical (unpaired) electrons. The Balaban J connectivity index is 2.13. The Kier molecular flexibility index (Phi) is 2.65. The fourth-order valence-corrected chi connectivity index (χ4v) is 1.87. The van der Waals surface area contributed by atoms with E-state index in [9.17, 15) is 4.55 Å². The van der Waals surface area contributed by atoms with Crippen LogP contribution < -0.4 is 0 Å². The smallest absolute Gasteiger partial charge is 0.224 e. The summed E-state index contributed by atoms with van der Waals surface area (Å²) in [6, 6.07) is 3.87. The van der Waals surface area contributed by atoms with Gasteiger partial charge in [0, 0.05) is 18.6 Å². The third-order valence-corrected chi connectivity index (χ3v) is 2.98. The van der Waals surface area contributed by atoms with Crippen LogP contribution in [0.25, 0.3) is 5.57 Å². The van der Waals surface area contributed by atoms with Crippen molar-refractivity contribution in [1.82, 2.24) is 4.98 Å². The zero-order chi connectivity index (χ0) is 9.97. The zero-order valence-corrected chi connectivity index (χ0v) is 8.62. The molecule has 1 aromatic heterocycles. The summed E-state index contributed by atoms with van der Waals surface area (Å²) in [5.41, 5.74) is 2.14. The number of aliphatic imine (C=N–C) groups is 1. The van der Waals surface area contributed by atoms with E-state index in [1.807, 2.05) is 12.1 Å². The van der Waals surface area contributed by atoms with Crippen LogP contribution in [-0.2, 0) is 11.2 Å². The number of nitrogens with zero attached hydrogens (tertiary/aromatic N) is 2. The predicted octanol–water partition coefficient (Wildman–Crippen LogP) is 1.60. The minimum atomic E-state index is -0.958. The summed E-state index contributed by atoms with van der Waals surface area (Å²) in [4.78, 5) is 8.15. The molecule has 0 N–H and O–H groups in total. The quantitative estimate of drug-likeness (QED) is 0.655. The van der Waals surface area contributed by atoms with E-state index in [0.29, 0.717) is 6.42 Å². The standard InChI is InChI=1S/C10H10N2OS/c1-14(13)10-5-9(7-12-10)8-3-2-4-11-6-8/h2-4,6-7H,5H2,1H3. The van der Waals surface area contributed by atoms with Crippen molar-refractivity contribution in [3.8, 4) is 0 Å². The van der Waals surface area contributed by atoms with Gasteiger partial charge in [0.15, 0.2) is 0 Å². The molecule has 72 valence electrons. The number of pyridine rings is 1. The van der Waals surface area contributed by atoms with Crippen LogP contribution in [0.1, 0.15) is 12.0 Å². The first-order valence-corrected chi connectivity index (χ1v) is 5.83. The van der Waals surface area contributed by atoms with Gasteiger partial charge in [0.25, 0.3) is 0 Å². The Labute approximate surface area is 85.8 Å². The van der Waals surface area contributed by atoms with Gasteiger partial charge in [-0.25, -0.2) is 4.99 Å². The van der Waals surface area contributed by atoms with E-state index in [2.05, 4.69) is 9.98 Å². The lowest BCUT2D eigenvalue weighted by atomic mass is 10.1. The molecule has 0 saturated carbocycles. The molecule has 1 aromatic rings. The Bertz CT molecular complexity index is 384. The van der Waals surface area contributed by atoms with Crippen molar-refractivity contribution in [2.24, 2.45) is 4.99 Å². The highest BCUT2D eigenvalue weighted by atomic mass is 32.2. The van der Waals surface area contributed by atoms with Crippen molar-refractivity contribution in [2.45, 2.75) is 6.42 Å². The van der Waals surface area contributed by atoms with Gasteiger partial charge in [0.05, 0.1) is 6.42 Å². The first kappa shape index (κ1) is 9.43. The second-order valence-corrected chi connectivity index (χ2v) is 4.43. The molecule has 0 saturated heterocycles. The summed E-state index contributed by atoms with van der Waals surface area (Å²) in [6.07, 6.45) is 7.63. The summed E-state index contributed by atoms with van der Waals surface area (Å²) >= 11 is -0.958. The minimum absolute atomic E-state index is 0.675. The molecule has 1 unspecified atom stereocenters. The lowest BCUT2D eigenvalue weighted by Crippen LogP contribution is -2.10. The maximum Gasteiger partial charge on any atom is 0.224 e. The highest BCUT2D eigenvalue weighted by molar-refractivity contribution is 8.05. The van der Waals surface area contributed by atoms with Crippen molar-refractivity contribution in [3.63, 3.8) is 0 Å². The fraction of sp³-hybridized carbons (Fsp3) is 0.200. The van der Waals surface area contributed by atoms with Crippen LogP contribution >= 0.6 is 0 Å². The summed E-state index contributed by atoms with van der Waals surface area (Å²) in [6.45, 7) is 0. The molecule has 0 amide bonds. The highest BCUT2D eigenvalue weighted by Gasteiger charge is 2.19. The van der Waals surface area contributed by atoms with Gasteiger partial charge in [0.1, 0.15) is 6.26 Å². The first-order valence-electron chi connectivity index (χ1n) is 4.27. The average molecular weight is 206 g/mol. The van der Waals surface area contributed by atoms with Gasteiger partial charge in [0.2, 0.25) is 5.04 Å². The van der Waals surface area contributed by atoms with Crippen molar-refractivity contribution in [1.29, 1.82) is 0 Å². The van der Waals surface area contributed by atoms with E-state index in [0.717, 1.165) is 16.2 Å². The lowest BCUT2D eigenvalue weighted by molar-refractivity contribution is 0.611. The van der Waals surface area contributed by atoms with Crippen molar-refractivity contribution in [3.05, 3.63) is 36.3 Å². The molecule has 0 fully saturated rings. The molecule has 0 aromatic carbocycles. The normalized spacial score (nSPS) is 17.6. The van der Waals surface area contributed by atoms with E-state index in [-0.39, 0.29) is 0 Å². The van der Waals surface area contributed by atoms with Crippen molar-refractivity contribution < 1.29 is 4.55 Å². The molecule has 4 heteroatoms. The lowest BCUT2D eigenvalue weighted by Gasteiger charge is -2.04. The molecular weight excluding hydrogens is 196 g/mol. The van der Waals surface area contributed by atoms with E-state index in [1.54, 1.807) is 24.8 Å². The Hall–Kier alpha value is -1.13. The molecular formula is C10H10N2OS. The maximum absolute atomic E-state index is 11.2. The van der Waals surface area contributed by atoms with Gasteiger partial charge in [-0.3, -0.25) is 4.98 Å². The van der Waals surface area contributed by atoms with Gasteiger partial charge in [-0.1, -0.05) is 6.07 Å². The Morgan fingerprint density at radius 1 is 1.50 bits per heavy atom. The molecule has 1 aliphatic rings. The Morgan fingerprint density at radius 2 is 2.36 bits per heavy atom. The largest absolute Gasteiger partial charge is 0.611 e. The topological polar surface area (TPSA) is 48.3 Å². The Morgan fingerprint density at radius 3 is 2.93 bits per heavy atom. The second-order valence-electron chi connectivity index (χ2n) is 3.05. The van der Waals surface area contributed by atoms with Crippen LogP contribution in [0.5, 0.6) is 0 Å². The van der Waals surface area contributed by atoms with Crippen LogP contribution in [-0.4, -0.2) is 20.8 Å². The molecule has 14 heavy (non-hydrogen) atoms. The molecule has 0 spiro atoms. The van der Waals surface area contributed by atoms with Crippen LogP contribution in [0, 0.1) is 0 Å². The zero-order valence-electron chi connectivity index (χ0n) is 7.80. The number of hydrogen-bond donors (Lipinski definition) is 0. The second kappa shape index (κ2) is 3.94. The summed E-state index contributed by atoms with van der Waals surface area (Å²) in [5, 5.41) is 0.740. The van der Waals surface area contributed by atoms with Crippen LogP contribution in [0.4, 0.5) is 0 Å². The van der Waals surface area contributed by atoms with Gasteiger partial charge >= 0.3 is 0 Å². The van der Waals surface area contributed by atoms with E-state index in [4.69, 9.17) is 0 Å². The molecule has 1 aliphatic heterocycles. The summed E-state index contributed by atoms with van der Waals surface area (Å²) in [7, 11) is 0. The van der Waals surface area contributed by atoms with Crippen molar-refractivity contribution >= 4 is 21.8 Å². The van der Waals surface area contributed by atoms with Crippen molar-refractivity contribution in [2.75, 3.05) is 6.26 Å². The number of rotatable bonds is 1. The molecule has 0 aliphatic carbocycles. The monoisotopic (exact) mass is 206 g/mol. The van der Waals surface area contributed by atoms with Gasteiger partial charge in [-0.05, 0) is 28.4 Å². The van der Waals surface area contributed by atoms with Gasteiger partial charge < -0.3 is 4.55 Å². The van der Waals surface area contributed by atoms with Gasteiger partial charge in [-0.15, -0.1) is 0 Å². The minimum Gasteiger partial charge on any atom is -0.611 e. The number of aromatic nitrogens is 1. The van der Waals surface area contributed by atoms with Crippen LogP contribution in [0.3, 0.4) is 0 Å². The molecule has 2 rings (SSSR count). The van der Waals surface area contributed by atoms with Gasteiger partial charge in [-0.2, -0.15) is 0 Å². The highest BCUT2D eigenvalue weighted by Crippen LogP contribution is 2.24. The predicted molar refractivity (Wildman–Crippen MR) is 58.3 cm³/mol. The number of allylic oxidation sites excluding steroid dienone is 1.